The zero-order chi connectivity index (χ0) is 14.8. The summed E-state index contributed by atoms with van der Waals surface area (Å²) < 4.78 is 26.4. The second-order valence-corrected chi connectivity index (χ2v) is 5.90. The van der Waals surface area contributed by atoms with Gasteiger partial charge in [-0.1, -0.05) is 23.7 Å². The van der Waals surface area contributed by atoms with Crippen molar-refractivity contribution in [3.63, 3.8) is 0 Å². The normalized spacial score (nSPS) is 11.1. The number of rotatable bonds is 4. The Balaban J connectivity index is 2.24. The number of sulfonamides is 1. The third kappa shape index (κ3) is 3.25. The zero-order valence-electron chi connectivity index (χ0n) is 10.00. The Morgan fingerprint density at radius 1 is 1.20 bits per heavy atom. The van der Waals surface area contributed by atoms with Gasteiger partial charge in [-0.25, -0.2) is 13.4 Å². The van der Waals surface area contributed by atoms with Crippen LogP contribution in [0.1, 0.15) is 5.56 Å². The SMILES string of the molecule is N=C([O-])c1ccc(NS(=O)(=O)c2ccc(Cl)nc2)cc1. The smallest absolute Gasteiger partial charge is 0.263 e. The van der Waals surface area contributed by atoms with E-state index in [1.165, 1.54) is 36.4 Å². The van der Waals surface area contributed by atoms with E-state index in [1.54, 1.807) is 0 Å². The van der Waals surface area contributed by atoms with Gasteiger partial charge in [-0.15, -0.1) is 0 Å². The third-order valence-electron chi connectivity index (χ3n) is 2.41. The Morgan fingerprint density at radius 3 is 2.35 bits per heavy atom. The summed E-state index contributed by atoms with van der Waals surface area (Å²) in [4.78, 5) is 3.68. The highest BCUT2D eigenvalue weighted by Crippen LogP contribution is 2.17. The van der Waals surface area contributed by atoms with Gasteiger partial charge in [0.05, 0.1) is 0 Å². The molecule has 0 radical (unpaired) electrons. The van der Waals surface area contributed by atoms with E-state index in [9.17, 15) is 13.5 Å². The van der Waals surface area contributed by atoms with Crippen molar-refractivity contribution >= 4 is 33.2 Å². The second kappa shape index (κ2) is 5.48. The summed E-state index contributed by atoms with van der Waals surface area (Å²) in [6.07, 6.45) is 1.15. The Morgan fingerprint density at radius 2 is 1.85 bits per heavy atom. The molecular formula is C12H9ClN3O3S-. The maximum Gasteiger partial charge on any atom is 0.263 e. The van der Waals surface area contributed by atoms with E-state index in [0.717, 1.165) is 6.20 Å². The molecule has 0 aliphatic carbocycles. The van der Waals surface area contributed by atoms with E-state index in [1.807, 2.05) is 0 Å². The number of benzene rings is 1. The summed E-state index contributed by atoms with van der Waals surface area (Å²) in [5.74, 6) is -0.832. The number of aromatic nitrogens is 1. The maximum absolute atomic E-state index is 12.0. The van der Waals surface area contributed by atoms with Crippen molar-refractivity contribution < 1.29 is 13.5 Å². The molecule has 0 fully saturated rings. The quantitative estimate of drug-likeness (QED) is 0.503. The number of halogens is 1. The number of anilines is 1. The lowest BCUT2D eigenvalue weighted by Gasteiger charge is -2.10. The molecule has 1 aromatic carbocycles. The summed E-state index contributed by atoms with van der Waals surface area (Å²) in [6.45, 7) is 0. The van der Waals surface area contributed by atoms with E-state index in [0.29, 0.717) is 0 Å². The topological polar surface area (TPSA) is 106 Å². The zero-order valence-corrected chi connectivity index (χ0v) is 11.6. The molecule has 0 unspecified atom stereocenters. The molecule has 0 aliphatic rings. The van der Waals surface area contributed by atoms with Gasteiger partial charge in [0, 0.05) is 11.9 Å². The maximum atomic E-state index is 12.0. The van der Waals surface area contributed by atoms with Crippen LogP contribution in [-0.4, -0.2) is 19.3 Å². The summed E-state index contributed by atoms with van der Waals surface area (Å²) in [6, 6.07) is 8.25. The second-order valence-electron chi connectivity index (χ2n) is 3.83. The van der Waals surface area contributed by atoms with Crippen molar-refractivity contribution in [1.29, 1.82) is 5.41 Å². The first kappa shape index (κ1) is 14.3. The first-order valence-corrected chi connectivity index (χ1v) is 7.25. The summed E-state index contributed by atoms with van der Waals surface area (Å²) in [7, 11) is -3.77. The molecule has 0 saturated heterocycles. The average molecular weight is 311 g/mol. The van der Waals surface area contributed by atoms with Crippen LogP contribution in [0.25, 0.3) is 0 Å². The molecule has 0 atom stereocenters. The number of hydrogen-bond acceptors (Lipinski definition) is 5. The molecule has 1 aromatic heterocycles. The standard InChI is InChI=1S/C12H10ClN3O3S/c13-11-6-5-10(7-15-11)20(18,19)16-9-3-1-8(2-4-9)12(14)17/h1-7,16H,(H2,14,17)/p-1. The van der Waals surface area contributed by atoms with E-state index >= 15 is 0 Å². The first-order valence-electron chi connectivity index (χ1n) is 5.39. The summed E-state index contributed by atoms with van der Waals surface area (Å²) in [5.41, 5.74) is 0.464. The molecule has 1 heterocycles. The van der Waals surface area contributed by atoms with Crippen LogP contribution >= 0.6 is 11.6 Å². The highest BCUT2D eigenvalue weighted by molar-refractivity contribution is 7.92. The molecular weight excluding hydrogens is 302 g/mol. The summed E-state index contributed by atoms with van der Waals surface area (Å²) >= 11 is 5.59. The van der Waals surface area contributed by atoms with Crippen molar-refractivity contribution in [2.24, 2.45) is 0 Å². The van der Waals surface area contributed by atoms with Crippen molar-refractivity contribution in [2.75, 3.05) is 4.72 Å². The van der Waals surface area contributed by atoms with Gasteiger partial charge in [-0.3, -0.25) is 4.72 Å². The average Bonchev–Trinajstić information content (AvgIpc) is 2.39. The molecule has 2 rings (SSSR count). The molecule has 104 valence electrons. The largest absolute Gasteiger partial charge is 0.859 e. The minimum atomic E-state index is -3.77. The molecule has 0 amide bonds. The predicted molar refractivity (Wildman–Crippen MR) is 73.3 cm³/mol. The van der Waals surface area contributed by atoms with Gasteiger partial charge in [0.15, 0.2) is 0 Å². The van der Waals surface area contributed by atoms with E-state index in [2.05, 4.69) is 9.71 Å². The van der Waals surface area contributed by atoms with Crippen LogP contribution in [0.5, 0.6) is 0 Å². The monoisotopic (exact) mass is 310 g/mol. The van der Waals surface area contributed by atoms with Gasteiger partial charge in [0.25, 0.3) is 10.0 Å². The van der Waals surface area contributed by atoms with Crippen molar-refractivity contribution in [3.8, 4) is 0 Å². The first-order chi connectivity index (χ1) is 9.38. The van der Waals surface area contributed by atoms with Crippen LogP contribution < -0.4 is 9.83 Å². The molecule has 0 bridgehead atoms. The third-order valence-corrected chi connectivity index (χ3v) is 4.00. The minimum Gasteiger partial charge on any atom is -0.859 e. The van der Waals surface area contributed by atoms with Gasteiger partial charge in [-0.05, 0) is 35.7 Å². The van der Waals surface area contributed by atoms with E-state index in [4.69, 9.17) is 17.0 Å². The van der Waals surface area contributed by atoms with Crippen LogP contribution in [0.3, 0.4) is 0 Å². The van der Waals surface area contributed by atoms with Crippen molar-refractivity contribution in [2.45, 2.75) is 4.90 Å². The molecule has 6 nitrogen and oxygen atoms in total. The molecule has 2 aromatic rings. The van der Waals surface area contributed by atoms with Gasteiger partial charge >= 0.3 is 0 Å². The molecule has 0 spiro atoms. The van der Waals surface area contributed by atoms with Crippen molar-refractivity contribution in [1.82, 2.24) is 4.98 Å². The molecule has 8 heteroatoms. The lowest BCUT2D eigenvalue weighted by Crippen LogP contribution is -2.17. The fraction of sp³-hybridized carbons (Fsp3) is 0. The van der Waals surface area contributed by atoms with Crippen LogP contribution in [0, 0.1) is 5.41 Å². The lowest BCUT2D eigenvalue weighted by atomic mass is 10.2. The van der Waals surface area contributed by atoms with Gasteiger partial charge < -0.3 is 10.5 Å². The summed E-state index contributed by atoms with van der Waals surface area (Å²) in [5, 5.41) is 17.9. The van der Waals surface area contributed by atoms with Gasteiger partial charge in [0.2, 0.25) is 0 Å². The van der Waals surface area contributed by atoms with Crippen LogP contribution in [-0.2, 0) is 10.0 Å². The number of nitrogens with one attached hydrogen (secondary N) is 2. The number of pyridine rings is 1. The molecule has 0 aliphatic heterocycles. The highest BCUT2D eigenvalue weighted by Gasteiger charge is 2.14. The molecule has 20 heavy (non-hydrogen) atoms. The lowest BCUT2D eigenvalue weighted by molar-refractivity contribution is -0.214. The van der Waals surface area contributed by atoms with E-state index < -0.39 is 15.9 Å². The Hall–Kier alpha value is -2.12. The Bertz CT molecular complexity index is 728. The predicted octanol–water partition coefficient (Wildman–Crippen LogP) is 1.22. The molecule has 2 N–H and O–H groups in total. The highest BCUT2D eigenvalue weighted by atomic mass is 35.5. The van der Waals surface area contributed by atoms with Gasteiger partial charge in [0.1, 0.15) is 10.0 Å². The fourth-order valence-corrected chi connectivity index (χ4v) is 2.54. The minimum absolute atomic E-state index is 0.0254. The number of hydrogen-bond donors (Lipinski definition) is 2. The molecule has 0 saturated carbocycles. The Labute approximate surface area is 120 Å². The Kier molecular flexibility index (Phi) is 3.91. The van der Waals surface area contributed by atoms with Crippen LogP contribution in [0.4, 0.5) is 5.69 Å². The van der Waals surface area contributed by atoms with Crippen molar-refractivity contribution in [3.05, 3.63) is 53.3 Å². The van der Waals surface area contributed by atoms with Crippen LogP contribution in [0.15, 0.2) is 47.5 Å². The number of nitrogens with zero attached hydrogens (tertiary/aromatic N) is 1. The fourth-order valence-electron chi connectivity index (χ4n) is 1.42. The van der Waals surface area contributed by atoms with Crippen LogP contribution in [0.2, 0.25) is 5.15 Å². The van der Waals surface area contributed by atoms with E-state index in [-0.39, 0.29) is 21.3 Å². The van der Waals surface area contributed by atoms with Gasteiger partial charge in [-0.2, -0.15) is 0 Å².